The lowest BCUT2D eigenvalue weighted by Gasteiger charge is -2.14. The third kappa shape index (κ3) is 5.77. The Kier molecular flexibility index (Phi) is 7.37. The molecule has 3 aromatic rings. The van der Waals surface area contributed by atoms with Crippen LogP contribution in [0.15, 0.2) is 82.2 Å². The molecule has 3 rings (SSSR count). The first-order valence-electron chi connectivity index (χ1n) is 9.93. The van der Waals surface area contributed by atoms with Gasteiger partial charge in [0.2, 0.25) is 0 Å². The van der Waals surface area contributed by atoms with Crippen molar-refractivity contribution in [3.05, 3.63) is 89.6 Å². The third-order valence-electron chi connectivity index (χ3n) is 4.61. The van der Waals surface area contributed by atoms with Crippen LogP contribution in [0.3, 0.4) is 0 Å². The van der Waals surface area contributed by atoms with Crippen LogP contribution in [0.4, 0.5) is 5.69 Å². The van der Waals surface area contributed by atoms with E-state index in [2.05, 4.69) is 21.6 Å². The average Bonchev–Trinajstić information content (AvgIpc) is 2.72. The second-order valence-electron chi connectivity index (χ2n) is 7.34. The molecule has 0 atom stereocenters. The summed E-state index contributed by atoms with van der Waals surface area (Å²) in [6, 6.07) is 14.3. The molecule has 166 valence electrons. The van der Waals surface area contributed by atoms with Crippen LogP contribution >= 0.6 is 11.8 Å². The molecule has 0 aliphatic heterocycles. The molecule has 0 saturated carbocycles. The topological polar surface area (TPSA) is 88.2 Å². The number of carbonyl (C=O) groups excluding carboxylic acids is 1. The fourth-order valence-corrected chi connectivity index (χ4v) is 5.62. The molecular weight excluding hydrogens is 442 g/mol. The van der Waals surface area contributed by atoms with Gasteiger partial charge in [-0.05, 0) is 68.3 Å². The van der Waals surface area contributed by atoms with Crippen molar-refractivity contribution in [3.8, 4) is 0 Å². The second kappa shape index (κ2) is 10.0. The van der Waals surface area contributed by atoms with E-state index in [0.717, 1.165) is 26.6 Å². The van der Waals surface area contributed by atoms with Crippen LogP contribution in [0.1, 0.15) is 27.0 Å². The number of amides is 1. The number of nitrogens with zero attached hydrogens (tertiary/aromatic N) is 1. The number of aryl methyl sites for hydroxylation is 3. The molecule has 0 spiro atoms. The van der Waals surface area contributed by atoms with Gasteiger partial charge in [-0.2, -0.15) is 0 Å². The molecule has 0 aliphatic carbocycles. The van der Waals surface area contributed by atoms with E-state index in [1.807, 2.05) is 31.2 Å². The van der Waals surface area contributed by atoms with Crippen LogP contribution in [0.5, 0.6) is 0 Å². The van der Waals surface area contributed by atoms with E-state index in [4.69, 9.17) is 0 Å². The maximum absolute atomic E-state index is 12.9. The molecule has 0 saturated heterocycles. The lowest BCUT2D eigenvalue weighted by Crippen LogP contribution is -2.23. The maximum Gasteiger partial charge on any atom is 0.262 e. The Morgan fingerprint density at radius 3 is 2.28 bits per heavy atom. The molecular formula is C24H25N3O3S2. The van der Waals surface area contributed by atoms with Gasteiger partial charge in [0, 0.05) is 23.3 Å². The van der Waals surface area contributed by atoms with Crippen molar-refractivity contribution < 1.29 is 13.2 Å². The number of aromatic nitrogens is 1. The van der Waals surface area contributed by atoms with E-state index in [1.165, 1.54) is 18.0 Å². The van der Waals surface area contributed by atoms with Crippen LogP contribution in [0.2, 0.25) is 0 Å². The summed E-state index contributed by atoms with van der Waals surface area (Å²) < 4.78 is 28.5. The zero-order valence-electron chi connectivity index (χ0n) is 18.2. The maximum atomic E-state index is 12.9. The molecule has 32 heavy (non-hydrogen) atoms. The zero-order valence-corrected chi connectivity index (χ0v) is 19.8. The Hall–Kier alpha value is -3.10. The molecule has 0 radical (unpaired) electrons. The van der Waals surface area contributed by atoms with Crippen molar-refractivity contribution in [2.24, 2.45) is 0 Å². The van der Waals surface area contributed by atoms with Gasteiger partial charge in [0.05, 0.1) is 10.5 Å². The number of pyridine rings is 1. The van der Waals surface area contributed by atoms with E-state index >= 15 is 0 Å². The number of hydrogen-bond donors (Lipinski definition) is 2. The fourth-order valence-electron chi connectivity index (χ4n) is 3.35. The highest BCUT2D eigenvalue weighted by Gasteiger charge is 2.20. The molecule has 2 aromatic carbocycles. The quantitative estimate of drug-likeness (QED) is 0.461. The molecule has 0 bridgehead atoms. The summed E-state index contributed by atoms with van der Waals surface area (Å²) in [5.74, 6) is -0.204. The molecule has 1 aromatic heterocycles. The van der Waals surface area contributed by atoms with Gasteiger partial charge in [-0.15, -0.1) is 6.58 Å². The monoisotopic (exact) mass is 467 g/mol. The van der Waals surface area contributed by atoms with Gasteiger partial charge < -0.3 is 5.32 Å². The first-order valence-corrected chi connectivity index (χ1v) is 12.2. The molecule has 6 nitrogen and oxygen atoms in total. The van der Waals surface area contributed by atoms with Gasteiger partial charge in [0.25, 0.3) is 15.9 Å². The second-order valence-corrected chi connectivity index (χ2v) is 10.1. The Balaban J connectivity index is 1.69. The molecule has 2 N–H and O–H groups in total. The van der Waals surface area contributed by atoms with E-state index in [9.17, 15) is 13.2 Å². The van der Waals surface area contributed by atoms with Gasteiger partial charge in [-0.1, -0.05) is 35.5 Å². The van der Waals surface area contributed by atoms with Crippen molar-refractivity contribution in [1.29, 1.82) is 0 Å². The van der Waals surface area contributed by atoms with Crippen LogP contribution < -0.4 is 10.0 Å². The highest BCUT2D eigenvalue weighted by molar-refractivity contribution is 7.99. The predicted molar refractivity (Wildman–Crippen MR) is 129 cm³/mol. The van der Waals surface area contributed by atoms with Crippen molar-refractivity contribution in [2.45, 2.75) is 35.6 Å². The average molecular weight is 468 g/mol. The van der Waals surface area contributed by atoms with E-state index in [0.29, 0.717) is 22.7 Å². The number of sulfonamides is 1. The number of nitrogens with one attached hydrogen (secondary N) is 2. The molecule has 0 unspecified atom stereocenters. The smallest absolute Gasteiger partial charge is 0.262 e. The summed E-state index contributed by atoms with van der Waals surface area (Å²) in [6.07, 6.45) is 3.14. The van der Waals surface area contributed by atoms with Gasteiger partial charge in [-0.3, -0.25) is 9.52 Å². The summed E-state index contributed by atoms with van der Waals surface area (Å²) in [7, 11) is -3.70. The highest BCUT2D eigenvalue weighted by atomic mass is 32.2. The van der Waals surface area contributed by atoms with Gasteiger partial charge in [0.1, 0.15) is 5.03 Å². The number of carbonyl (C=O) groups is 1. The predicted octanol–water partition coefficient (Wildman–Crippen LogP) is 4.87. The number of rotatable bonds is 8. The van der Waals surface area contributed by atoms with Gasteiger partial charge in [0.15, 0.2) is 0 Å². The number of anilines is 1. The summed E-state index contributed by atoms with van der Waals surface area (Å²) in [5.41, 5.74) is 3.42. The lowest BCUT2D eigenvalue weighted by molar-refractivity contribution is 0.0957. The van der Waals surface area contributed by atoms with Crippen LogP contribution in [-0.2, 0) is 10.0 Å². The molecule has 1 heterocycles. The number of benzene rings is 2. The SMILES string of the molecule is C=CCNC(=O)c1ccc(Sc2ccc(NS(=O)(=O)c3c(C)cc(C)cc3C)cc2)nc1. The minimum Gasteiger partial charge on any atom is -0.349 e. The summed E-state index contributed by atoms with van der Waals surface area (Å²) >= 11 is 1.42. The van der Waals surface area contributed by atoms with E-state index < -0.39 is 10.0 Å². The van der Waals surface area contributed by atoms with Crippen molar-refractivity contribution in [1.82, 2.24) is 10.3 Å². The Morgan fingerprint density at radius 1 is 1.06 bits per heavy atom. The first kappa shape index (κ1) is 23.6. The molecule has 0 aliphatic rings. The van der Waals surface area contributed by atoms with E-state index in [-0.39, 0.29) is 5.91 Å². The summed E-state index contributed by atoms with van der Waals surface area (Å²) in [5, 5.41) is 3.43. The van der Waals surface area contributed by atoms with E-state index in [1.54, 1.807) is 44.2 Å². The molecule has 1 amide bonds. The highest BCUT2D eigenvalue weighted by Crippen LogP contribution is 2.29. The lowest BCUT2D eigenvalue weighted by atomic mass is 10.1. The first-order chi connectivity index (χ1) is 15.2. The van der Waals surface area contributed by atoms with Gasteiger partial charge >= 0.3 is 0 Å². The minimum absolute atomic E-state index is 0.204. The van der Waals surface area contributed by atoms with Gasteiger partial charge in [-0.25, -0.2) is 13.4 Å². The standard InChI is InChI=1S/C24H25N3O3S2/c1-5-12-25-24(28)19-6-11-22(26-15-19)31-21-9-7-20(8-10-21)27-32(29,30)23-17(3)13-16(2)14-18(23)4/h5-11,13-15,27H,1,12H2,2-4H3,(H,25,28). The Morgan fingerprint density at radius 2 is 1.72 bits per heavy atom. The van der Waals surface area contributed by atoms with Crippen LogP contribution in [0.25, 0.3) is 0 Å². The Labute approximate surface area is 193 Å². The number of hydrogen-bond acceptors (Lipinski definition) is 5. The summed E-state index contributed by atoms with van der Waals surface area (Å²) in [6.45, 7) is 9.51. The van der Waals surface area contributed by atoms with Crippen LogP contribution in [0, 0.1) is 20.8 Å². The normalized spacial score (nSPS) is 11.1. The minimum atomic E-state index is -3.70. The molecule has 0 fully saturated rings. The zero-order chi connectivity index (χ0) is 23.3. The van der Waals surface area contributed by atoms with Crippen molar-refractivity contribution in [2.75, 3.05) is 11.3 Å². The summed E-state index contributed by atoms with van der Waals surface area (Å²) in [4.78, 5) is 17.4. The largest absolute Gasteiger partial charge is 0.349 e. The fraction of sp³-hybridized carbons (Fsp3) is 0.167. The molecule has 8 heteroatoms. The van der Waals surface area contributed by atoms with Crippen LogP contribution in [-0.4, -0.2) is 25.9 Å². The van der Waals surface area contributed by atoms with Crippen molar-refractivity contribution in [3.63, 3.8) is 0 Å². The van der Waals surface area contributed by atoms with Crippen molar-refractivity contribution >= 4 is 33.4 Å². The Bertz CT molecular complexity index is 1210. The third-order valence-corrected chi connectivity index (χ3v) is 7.25.